The first-order valence-electron chi connectivity index (χ1n) is 11.0. The van der Waals surface area contributed by atoms with Crippen molar-refractivity contribution in [3.63, 3.8) is 0 Å². The molecule has 1 aromatic heterocycles. The summed E-state index contributed by atoms with van der Waals surface area (Å²) in [7, 11) is 2.99. The molecule has 1 aliphatic rings. The van der Waals surface area contributed by atoms with Crippen LogP contribution in [0, 0.1) is 13.8 Å². The molecule has 0 spiro atoms. The molecule has 0 aliphatic carbocycles. The molecule has 35 heavy (non-hydrogen) atoms. The fraction of sp³-hybridized carbons (Fsp3) is 0.280. The number of amides is 4. The van der Waals surface area contributed by atoms with Crippen molar-refractivity contribution in [2.45, 2.75) is 26.3 Å². The van der Waals surface area contributed by atoms with E-state index in [0.29, 0.717) is 28.6 Å². The molecule has 0 radical (unpaired) electrons. The maximum atomic E-state index is 13.3. The first-order chi connectivity index (χ1) is 16.7. The Balaban J connectivity index is 1.53. The second kappa shape index (κ2) is 9.13. The lowest BCUT2D eigenvalue weighted by Gasteiger charge is -2.23. The third kappa shape index (κ3) is 4.42. The molecule has 4 rings (SSSR count). The third-order valence-corrected chi connectivity index (χ3v) is 5.92. The highest BCUT2D eigenvalue weighted by molar-refractivity contribution is 6.10. The molecule has 1 atom stereocenters. The number of aromatic nitrogens is 2. The van der Waals surface area contributed by atoms with Gasteiger partial charge in [-0.1, -0.05) is 23.8 Å². The minimum absolute atomic E-state index is 0.421. The Hall–Kier alpha value is -4.34. The van der Waals surface area contributed by atoms with Gasteiger partial charge in [-0.25, -0.2) is 9.48 Å². The molecule has 1 aliphatic heterocycles. The number of carbonyl (C=O) groups excluding carboxylic acids is 3. The first kappa shape index (κ1) is 23.8. The average Bonchev–Trinajstić information content (AvgIpc) is 3.30. The zero-order chi connectivity index (χ0) is 25.3. The van der Waals surface area contributed by atoms with Crippen molar-refractivity contribution < 1.29 is 23.9 Å². The van der Waals surface area contributed by atoms with Crippen LogP contribution in [-0.4, -0.2) is 53.3 Å². The standard InChI is InChI=1S/C25H27N5O5/c1-15-6-9-18(10-7-15)30-21(12-16(2)28-30)26-22(31)14-29-23(32)25(3,27-24(29)33)17-8-11-19(34-4)20(13-17)35-5/h6-13H,14H2,1-5H3,(H,26,31)(H,27,33). The number of aryl methyl sites for hydroxylation is 2. The van der Waals surface area contributed by atoms with Gasteiger partial charge in [-0.3, -0.25) is 14.5 Å². The smallest absolute Gasteiger partial charge is 0.325 e. The zero-order valence-electron chi connectivity index (χ0n) is 20.2. The minimum Gasteiger partial charge on any atom is -0.493 e. The summed E-state index contributed by atoms with van der Waals surface area (Å²) < 4.78 is 12.2. The Morgan fingerprint density at radius 2 is 1.71 bits per heavy atom. The minimum atomic E-state index is -1.36. The van der Waals surface area contributed by atoms with Crippen LogP contribution in [0.2, 0.25) is 0 Å². The van der Waals surface area contributed by atoms with E-state index in [1.54, 1.807) is 35.9 Å². The average molecular weight is 478 g/mol. The van der Waals surface area contributed by atoms with Crippen LogP contribution in [0.25, 0.3) is 5.69 Å². The number of carbonyl (C=O) groups is 3. The molecular weight excluding hydrogens is 450 g/mol. The summed E-state index contributed by atoms with van der Waals surface area (Å²) in [6, 6.07) is 13.7. The summed E-state index contributed by atoms with van der Waals surface area (Å²) in [6.45, 7) is 4.93. The van der Waals surface area contributed by atoms with E-state index in [1.807, 2.05) is 38.1 Å². The second-order valence-electron chi connectivity index (χ2n) is 8.48. The number of ether oxygens (including phenoxy) is 2. The molecule has 1 unspecified atom stereocenters. The number of hydrogen-bond donors (Lipinski definition) is 2. The number of urea groups is 1. The molecule has 1 saturated heterocycles. The van der Waals surface area contributed by atoms with Crippen LogP contribution in [0.1, 0.15) is 23.7 Å². The highest BCUT2D eigenvalue weighted by Gasteiger charge is 2.49. The van der Waals surface area contributed by atoms with Crippen LogP contribution < -0.4 is 20.1 Å². The zero-order valence-corrected chi connectivity index (χ0v) is 20.2. The molecule has 182 valence electrons. The molecule has 10 nitrogen and oxygen atoms in total. The number of nitrogens with one attached hydrogen (secondary N) is 2. The van der Waals surface area contributed by atoms with Crippen LogP contribution in [-0.2, 0) is 15.1 Å². The van der Waals surface area contributed by atoms with Crippen molar-refractivity contribution in [2.75, 3.05) is 26.1 Å². The van der Waals surface area contributed by atoms with E-state index in [9.17, 15) is 14.4 Å². The van der Waals surface area contributed by atoms with Gasteiger partial charge in [0, 0.05) is 6.07 Å². The van der Waals surface area contributed by atoms with Crippen molar-refractivity contribution >= 4 is 23.7 Å². The quantitative estimate of drug-likeness (QED) is 0.506. The molecule has 2 aromatic carbocycles. The molecule has 2 N–H and O–H groups in total. The summed E-state index contributed by atoms with van der Waals surface area (Å²) in [5, 5.41) is 9.90. The number of rotatable bonds is 7. The highest BCUT2D eigenvalue weighted by atomic mass is 16.5. The lowest BCUT2D eigenvalue weighted by molar-refractivity contribution is -0.133. The lowest BCUT2D eigenvalue weighted by atomic mass is 9.91. The summed E-state index contributed by atoms with van der Waals surface area (Å²) in [4.78, 5) is 39.8. The van der Waals surface area contributed by atoms with Gasteiger partial charge in [-0.05, 0) is 50.6 Å². The van der Waals surface area contributed by atoms with Crippen LogP contribution in [0.4, 0.5) is 10.6 Å². The largest absolute Gasteiger partial charge is 0.493 e. The fourth-order valence-corrected chi connectivity index (χ4v) is 3.98. The van der Waals surface area contributed by atoms with E-state index in [4.69, 9.17) is 9.47 Å². The maximum absolute atomic E-state index is 13.3. The van der Waals surface area contributed by atoms with Crippen LogP contribution >= 0.6 is 0 Å². The molecular formula is C25H27N5O5. The Morgan fingerprint density at radius 1 is 1.03 bits per heavy atom. The van der Waals surface area contributed by atoms with Crippen molar-refractivity contribution in [1.82, 2.24) is 20.0 Å². The Morgan fingerprint density at radius 3 is 2.37 bits per heavy atom. The number of methoxy groups -OCH3 is 2. The van der Waals surface area contributed by atoms with Crippen molar-refractivity contribution in [2.24, 2.45) is 0 Å². The van der Waals surface area contributed by atoms with Crippen molar-refractivity contribution in [3.05, 3.63) is 65.4 Å². The monoisotopic (exact) mass is 477 g/mol. The summed E-state index contributed by atoms with van der Waals surface area (Å²) in [5.74, 6) is 0.273. The van der Waals surface area contributed by atoms with Gasteiger partial charge in [0.05, 0.1) is 25.6 Å². The van der Waals surface area contributed by atoms with E-state index in [2.05, 4.69) is 15.7 Å². The van der Waals surface area contributed by atoms with Gasteiger partial charge in [-0.15, -0.1) is 0 Å². The third-order valence-electron chi connectivity index (χ3n) is 5.92. The number of hydrogen-bond acceptors (Lipinski definition) is 6. The second-order valence-corrected chi connectivity index (χ2v) is 8.48. The molecule has 4 amide bonds. The molecule has 10 heteroatoms. The Labute approximate surface area is 202 Å². The van der Waals surface area contributed by atoms with Gasteiger partial charge in [0.1, 0.15) is 17.9 Å². The van der Waals surface area contributed by atoms with E-state index in [1.165, 1.54) is 14.2 Å². The molecule has 3 aromatic rings. The molecule has 2 heterocycles. The summed E-state index contributed by atoms with van der Waals surface area (Å²) in [5.41, 5.74) is 1.72. The topological polar surface area (TPSA) is 115 Å². The molecule has 0 bridgehead atoms. The van der Waals surface area contributed by atoms with Gasteiger partial charge in [0.2, 0.25) is 5.91 Å². The van der Waals surface area contributed by atoms with Crippen LogP contribution in [0.3, 0.4) is 0 Å². The number of imide groups is 1. The predicted octanol–water partition coefficient (Wildman–Crippen LogP) is 2.91. The first-order valence-corrected chi connectivity index (χ1v) is 11.0. The van der Waals surface area contributed by atoms with Crippen LogP contribution in [0.5, 0.6) is 11.5 Å². The van der Waals surface area contributed by atoms with Gasteiger partial charge >= 0.3 is 6.03 Å². The van der Waals surface area contributed by atoms with Gasteiger partial charge in [0.25, 0.3) is 5.91 Å². The molecule has 0 saturated carbocycles. The Kier molecular flexibility index (Phi) is 6.21. The number of anilines is 1. The number of nitrogens with zero attached hydrogens (tertiary/aromatic N) is 3. The van der Waals surface area contributed by atoms with Gasteiger partial charge < -0.3 is 20.1 Å². The molecule has 1 fully saturated rings. The van der Waals surface area contributed by atoms with Crippen molar-refractivity contribution in [3.8, 4) is 17.2 Å². The fourth-order valence-electron chi connectivity index (χ4n) is 3.98. The van der Waals surface area contributed by atoms with E-state index in [-0.39, 0.29) is 0 Å². The highest BCUT2D eigenvalue weighted by Crippen LogP contribution is 2.35. The lowest BCUT2D eigenvalue weighted by Crippen LogP contribution is -2.42. The normalized spacial score (nSPS) is 17.3. The maximum Gasteiger partial charge on any atom is 0.325 e. The number of benzene rings is 2. The summed E-state index contributed by atoms with van der Waals surface area (Å²) in [6.07, 6.45) is 0. The van der Waals surface area contributed by atoms with E-state index >= 15 is 0 Å². The van der Waals surface area contributed by atoms with Crippen molar-refractivity contribution in [1.29, 1.82) is 0 Å². The van der Waals surface area contributed by atoms with E-state index in [0.717, 1.165) is 16.2 Å². The van der Waals surface area contributed by atoms with E-state index < -0.39 is 29.9 Å². The Bertz CT molecular complexity index is 1300. The SMILES string of the molecule is COc1ccc(C2(C)NC(=O)N(CC(=O)Nc3cc(C)nn3-c3ccc(C)cc3)C2=O)cc1OC. The van der Waals surface area contributed by atoms with Crippen LogP contribution in [0.15, 0.2) is 48.5 Å². The predicted molar refractivity (Wildman–Crippen MR) is 129 cm³/mol. The van der Waals surface area contributed by atoms with Gasteiger partial charge in [-0.2, -0.15) is 5.10 Å². The summed E-state index contributed by atoms with van der Waals surface area (Å²) >= 11 is 0. The van der Waals surface area contributed by atoms with Gasteiger partial charge in [0.15, 0.2) is 11.5 Å².